The fraction of sp³-hybridized carbons (Fsp3) is 0.524. The first-order chi connectivity index (χ1) is 14.9. The Morgan fingerprint density at radius 1 is 1.32 bits per heavy atom. The summed E-state index contributed by atoms with van der Waals surface area (Å²) in [5, 5.41) is 0.566. The Morgan fingerprint density at radius 2 is 2.13 bits per heavy atom. The molecule has 0 radical (unpaired) electrons. The van der Waals surface area contributed by atoms with E-state index < -0.39 is 5.97 Å². The van der Waals surface area contributed by atoms with Crippen LogP contribution in [0.15, 0.2) is 23.2 Å². The van der Waals surface area contributed by atoms with Gasteiger partial charge in [-0.05, 0) is 43.9 Å². The molecule has 2 amide bonds. The molecule has 1 aliphatic heterocycles. The van der Waals surface area contributed by atoms with Gasteiger partial charge in [0.05, 0.1) is 28.3 Å². The lowest BCUT2D eigenvalue weighted by atomic mass is 10.0. The van der Waals surface area contributed by atoms with Gasteiger partial charge in [-0.1, -0.05) is 29.9 Å². The number of amides is 2. The second-order valence-corrected chi connectivity index (χ2v) is 9.90. The maximum absolute atomic E-state index is 12.5. The van der Waals surface area contributed by atoms with Gasteiger partial charge in [0.2, 0.25) is 5.91 Å². The maximum atomic E-state index is 12.5. The van der Waals surface area contributed by atoms with Gasteiger partial charge in [-0.3, -0.25) is 14.4 Å². The van der Waals surface area contributed by atoms with Gasteiger partial charge >= 0.3 is 5.97 Å². The second-order valence-electron chi connectivity index (χ2n) is 7.47. The molecule has 10 heteroatoms. The van der Waals surface area contributed by atoms with Gasteiger partial charge in [-0.15, -0.1) is 11.8 Å². The van der Waals surface area contributed by atoms with Crippen LogP contribution in [0.25, 0.3) is 10.2 Å². The summed E-state index contributed by atoms with van der Waals surface area (Å²) >= 11 is 8.64. The van der Waals surface area contributed by atoms with E-state index in [-0.39, 0.29) is 36.5 Å². The van der Waals surface area contributed by atoms with Crippen LogP contribution in [-0.4, -0.2) is 58.5 Å². The number of nitrogens with zero attached hydrogens (tertiary/aromatic N) is 3. The zero-order valence-corrected chi connectivity index (χ0v) is 20.0. The number of benzene rings is 1. The Labute approximate surface area is 194 Å². The molecule has 0 spiro atoms. The monoisotopic (exact) mass is 483 g/mol. The van der Waals surface area contributed by atoms with Gasteiger partial charge in [0.1, 0.15) is 6.54 Å². The highest BCUT2D eigenvalue weighted by Crippen LogP contribution is 2.22. The van der Waals surface area contributed by atoms with Crippen LogP contribution in [0.2, 0.25) is 5.02 Å². The standard InChI is InChI=1S/C21H26ClN3O4S2/c1-3-29-20(28)11-25-16-7-6-15(22)9-17(16)31-21(25)23-18(26)12-30-13-19(27)24-8-4-5-14(2)10-24/h6-7,9,14H,3-5,8,10-13H2,1-2H3. The number of thiazole rings is 1. The van der Waals surface area contributed by atoms with Crippen molar-refractivity contribution in [2.45, 2.75) is 33.2 Å². The fourth-order valence-electron chi connectivity index (χ4n) is 3.49. The topological polar surface area (TPSA) is 81.0 Å². The number of carbonyl (C=O) groups is 3. The minimum Gasteiger partial charge on any atom is -0.465 e. The van der Waals surface area contributed by atoms with Gasteiger partial charge in [-0.2, -0.15) is 4.99 Å². The van der Waals surface area contributed by atoms with Gasteiger partial charge in [0.25, 0.3) is 5.91 Å². The summed E-state index contributed by atoms with van der Waals surface area (Å²) in [7, 11) is 0. The van der Waals surface area contributed by atoms with E-state index in [9.17, 15) is 14.4 Å². The first kappa shape index (κ1) is 23.8. The summed E-state index contributed by atoms with van der Waals surface area (Å²) in [6.07, 6.45) is 2.18. The van der Waals surface area contributed by atoms with Crippen molar-refractivity contribution < 1.29 is 19.1 Å². The highest BCUT2D eigenvalue weighted by molar-refractivity contribution is 8.00. The lowest BCUT2D eigenvalue weighted by Gasteiger charge is -2.30. The number of piperidine rings is 1. The zero-order chi connectivity index (χ0) is 22.4. The van der Waals surface area contributed by atoms with Crippen LogP contribution in [0.1, 0.15) is 26.7 Å². The molecule has 168 valence electrons. The number of aromatic nitrogens is 1. The Hall–Kier alpha value is -1.84. The predicted octanol–water partition coefficient (Wildman–Crippen LogP) is 3.34. The smallest absolute Gasteiger partial charge is 0.326 e. The van der Waals surface area contributed by atoms with E-state index in [1.165, 1.54) is 23.1 Å². The minimum atomic E-state index is -0.401. The van der Waals surface area contributed by atoms with E-state index in [4.69, 9.17) is 16.3 Å². The van der Waals surface area contributed by atoms with Crippen molar-refractivity contribution in [2.24, 2.45) is 10.9 Å². The number of likely N-dealkylation sites (tertiary alicyclic amines) is 1. The summed E-state index contributed by atoms with van der Waals surface area (Å²) in [6.45, 7) is 5.71. The van der Waals surface area contributed by atoms with Crippen LogP contribution in [0.4, 0.5) is 0 Å². The molecule has 0 aliphatic carbocycles. The van der Waals surface area contributed by atoms with E-state index in [2.05, 4.69) is 11.9 Å². The summed E-state index contributed by atoms with van der Waals surface area (Å²) in [6, 6.07) is 5.30. The lowest BCUT2D eigenvalue weighted by Crippen LogP contribution is -2.40. The van der Waals surface area contributed by atoms with Crippen molar-refractivity contribution in [2.75, 3.05) is 31.2 Å². The number of thioether (sulfide) groups is 1. The van der Waals surface area contributed by atoms with Crippen molar-refractivity contribution in [1.82, 2.24) is 9.47 Å². The van der Waals surface area contributed by atoms with Gasteiger partial charge in [-0.25, -0.2) is 0 Å². The summed E-state index contributed by atoms with van der Waals surface area (Å²) in [5.41, 5.74) is 0.760. The molecule has 31 heavy (non-hydrogen) atoms. The molecule has 1 aromatic carbocycles. The highest BCUT2D eigenvalue weighted by atomic mass is 35.5. The fourth-order valence-corrected chi connectivity index (χ4v) is 5.51. The summed E-state index contributed by atoms with van der Waals surface area (Å²) in [5.74, 6) is 0.207. The van der Waals surface area contributed by atoms with Crippen LogP contribution in [0.5, 0.6) is 0 Å². The third-order valence-electron chi connectivity index (χ3n) is 4.92. The second kappa shape index (κ2) is 11.2. The van der Waals surface area contributed by atoms with E-state index in [1.807, 2.05) is 4.90 Å². The third-order valence-corrected chi connectivity index (χ3v) is 7.10. The van der Waals surface area contributed by atoms with Crippen LogP contribution in [0.3, 0.4) is 0 Å². The molecule has 3 rings (SSSR count). The third kappa shape index (κ3) is 6.57. The van der Waals surface area contributed by atoms with Crippen molar-refractivity contribution in [3.05, 3.63) is 28.0 Å². The van der Waals surface area contributed by atoms with Crippen molar-refractivity contribution in [1.29, 1.82) is 0 Å². The molecule has 0 saturated carbocycles. The van der Waals surface area contributed by atoms with E-state index in [0.717, 1.165) is 36.1 Å². The quantitative estimate of drug-likeness (QED) is 0.564. The van der Waals surface area contributed by atoms with Gasteiger partial charge < -0.3 is 14.2 Å². The van der Waals surface area contributed by atoms with Gasteiger partial charge in [0.15, 0.2) is 4.80 Å². The molecule has 1 saturated heterocycles. The molecule has 0 N–H and O–H groups in total. The Balaban J connectivity index is 1.69. The molecule has 1 aliphatic rings. The van der Waals surface area contributed by atoms with Crippen molar-refractivity contribution in [3.8, 4) is 0 Å². The molecule has 1 atom stereocenters. The molecule has 0 bridgehead atoms. The largest absolute Gasteiger partial charge is 0.465 e. The minimum absolute atomic E-state index is 0.0413. The molecule has 1 unspecified atom stereocenters. The Morgan fingerprint density at radius 3 is 2.87 bits per heavy atom. The number of ether oxygens (including phenoxy) is 1. The van der Waals surface area contributed by atoms with Gasteiger partial charge in [0, 0.05) is 18.1 Å². The first-order valence-electron chi connectivity index (χ1n) is 10.2. The van der Waals surface area contributed by atoms with E-state index >= 15 is 0 Å². The normalized spacial score (nSPS) is 17.2. The highest BCUT2D eigenvalue weighted by Gasteiger charge is 2.21. The van der Waals surface area contributed by atoms with E-state index in [1.54, 1.807) is 29.7 Å². The number of fused-ring (bicyclic) bond motifs is 1. The van der Waals surface area contributed by atoms with Crippen LogP contribution < -0.4 is 4.80 Å². The molecular formula is C21H26ClN3O4S2. The van der Waals surface area contributed by atoms with E-state index in [0.29, 0.717) is 15.7 Å². The predicted molar refractivity (Wildman–Crippen MR) is 124 cm³/mol. The number of esters is 1. The molecule has 7 nitrogen and oxygen atoms in total. The number of carbonyl (C=O) groups excluding carboxylic acids is 3. The Kier molecular flexibility index (Phi) is 8.57. The lowest BCUT2D eigenvalue weighted by molar-refractivity contribution is -0.143. The summed E-state index contributed by atoms with van der Waals surface area (Å²) < 4.78 is 7.54. The van der Waals surface area contributed by atoms with Crippen LogP contribution in [0, 0.1) is 5.92 Å². The Bertz CT molecular complexity index is 1030. The van der Waals surface area contributed by atoms with Crippen LogP contribution in [-0.2, 0) is 25.7 Å². The number of rotatable bonds is 7. The number of hydrogen-bond acceptors (Lipinski definition) is 6. The maximum Gasteiger partial charge on any atom is 0.326 e. The SMILES string of the molecule is CCOC(=O)Cn1c(=NC(=O)CSCC(=O)N2CCCC(C)C2)sc2cc(Cl)ccc21. The first-order valence-corrected chi connectivity index (χ1v) is 12.6. The average molecular weight is 484 g/mol. The molecule has 1 fully saturated rings. The van der Waals surface area contributed by atoms with Crippen molar-refractivity contribution in [3.63, 3.8) is 0 Å². The summed E-state index contributed by atoms with van der Waals surface area (Å²) in [4.78, 5) is 43.4. The average Bonchev–Trinajstić information content (AvgIpc) is 3.03. The molecule has 2 heterocycles. The molecule has 1 aromatic heterocycles. The zero-order valence-electron chi connectivity index (χ0n) is 17.6. The molecular weight excluding hydrogens is 458 g/mol. The van der Waals surface area contributed by atoms with Crippen molar-refractivity contribution >= 4 is 62.7 Å². The number of halogens is 1. The molecule has 2 aromatic rings. The number of hydrogen-bond donors (Lipinski definition) is 0. The van der Waals surface area contributed by atoms with Crippen LogP contribution >= 0.6 is 34.7 Å².